The summed E-state index contributed by atoms with van der Waals surface area (Å²) in [7, 11) is 0. The molecule has 1 rings (SSSR count). The highest BCUT2D eigenvalue weighted by atomic mass is 35.5. The molecule has 102 valence electrons. The molecule has 8 heteroatoms. The van der Waals surface area contributed by atoms with Gasteiger partial charge in [0.25, 0.3) is 5.69 Å². The van der Waals surface area contributed by atoms with E-state index in [2.05, 4.69) is 5.32 Å². The zero-order valence-corrected chi connectivity index (χ0v) is 10.5. The van der Waals surface area contributed by atoms with Crippen LogP contribution in [0.1, 0.15) is 23.2 Å². The number of carbonyl (C=O) groups is 2. The molecule has 0 aliphatic carbocycles. The van der Waals surface area contributed by atoms with Crippen molar-refractivity contribution in [1.29, 1.82) is 0 Å². The van der Waals surface area contributed by atoms with Crippen LogP contribution in [-0.4, -0.2) is 27.8 Å². The molecule has 0 unspecified atom stereocenters. The molecule has 0 aliphatic heterocycles. The predicted molar refractivity (Wildman–Crippen MR) is 68.6 cm³/mol. The molecule has 0 saturated carbocycles. The topological polar surface area (TPSA) is 110 Å². The number of rotatable bonds is 6. The van der Waals surface area contributed by atoms with Crippen LogP contribution in [0.25, 0.3) is 0 Å². The van der Waals surface area contributed by atoms with Gasteiger partial charge >= 0.3 is 5.97 Å². The number of amides is 1. The van der Waals surface area contributed by atoms with E-state index in [1.165, 1.54) is 6.07 Å². The number of hydrogen-bond acceptors (Lipinski definition) is 4. The Hall–Kier alpha value is -2.15. The van der Waals surface area contributed by atoms with Gasteiger partial charge in [-0.2, -0.15) is 0 Å². The summed E-state index contributed by atoms with van der Waals surface area (Å²) >= 11 is 5.44. The molecule has 19 heavy (non-hydrogen) atoms. The second-order valence-corrected chi connectivity index (χ2v) is 4.01. The average Bonchev–Trinajstić information content (AvgIpc) is 2.35. The summed E-state index contributed by atoms with van der Waals surface area (Å²) in [6, 6.07) is 3.38. The number of aromatic carboxylic acids is 1. The van der Waals surface area contributed by atoms with Crippen molar-refractivity contribution in [3.63, 3.8) is 0 Å². The molecule has 1 aromatic carbocycles. The Labute approximate surface area is 113 Å². The van der Waals surface area contributed by atoms with Gasteiger partial charge in [0, 0.05) is 24.1 Å². The van der Waals surface area contributed by atoms with Crippen molar-refractivity contribution >= 4 is 34.9 Å². The Morgan fingerprint density at radius 3 is 2.63 bits per heavy atom. The molecule has 7 nitrogen and oxygen atoms in total. The molecule has 2 N–H and O–H groups in total. The standard InChI is InChI=1S/C11H11ClN2O5/c12-5-1-2-10(15)13-7-3-4-9(14(18)19)8(6-7)11(16)17/h3-4,6H,1-2,5H2,(H,13,15)(H,16,17). The zero-order chi connectivity index (χ0) is 14.4. The number of nitrogens with one attached hydrogen (secondary N) is 1. The summed E-state index contributed by atoms with van der Waals surface area (Å²) in [5.74, 6) is -1.41. The minimum Gasteiger partial charge on any atom is -0.477 e. The number of benzene rings is 1. The van der Waals surface area contributed by atoms with Crippen molar-refractivity contribution < 1.29 is 19.6 Å². The number of hydrogen-bond donors (Lipinski definition) is 2. The lowest BCUT2D eigenvalue weighted by Crippen LogP contribution is -2.12. The van der Waals surface area contributed by atoms with Gasteiger partial charge in [-0.1, -0.05) is 0 Å². The van der Waals surface area contributed by atoms with Gasteiger partial charge in [-0.25, -0.2) is 4.79 Å². The van der Waals surface area contributed by atoms with Gasteiger partial charge in [0.05, 0.1) is 4.92 Å². The molecular weight excluding hydrogens is 276 g/mol. The molecule has 0 bridgehead atoms. The first kappa shape index (κ1) is 14.9. The van der Waals surface area contributed by atoms with Crippen molar-refractivity contribution in [1.82, 2.24) is 0 Å². The van der Waals surface area contributed by atoms with E-state index in [1.54, 1.807) is 0 Å². The van der Waals surface area contributed by atoms with E-state index in [1.807, 2.05) is 0 Å². The summed E-state index contributed by atoms with van der Waals surface area (Å²) in [5.41, 5.74) is -0.797. The van der Waals surface area contributed by atoms with Crippen LogP contribution in [-0.2, 0) is 4.79 Å². The van der Waals surface area contributed by atoms with Gasteiger partial charge in [0.2, 0.25) is 5.91 Å². The normalized spacial score (nSPS) is 9.95. The highest BCUT2D eigenvalue weighted by Gasteiger charge is 2.20. The van der Waals surface area contributed by atoms with Gasteiger partial charge < -0.3 is 10.4 Å². The first-order valence-electron chi connectivity index (χ1n) is 5.33. The second kappa shape index (κ2) is 6.69. The number of carbonyl (C=O) groups excluding carboxylic acids is 1. The summed E-state index contributed by atoms with van der Waals surface area (Å²) < 4.78 is 0. The predicted octanol–water partition coefficient (Wildman–Crippen LogP) is 2.25. The van der Waals surface area contributed by atoms with Gasteiger partial charge in [-0.3, -0.25) is 14.9 Å². The Kier molecular flexibility index (Phi) is 5.25. The number of carboxylic acid groups (broad SMARTS) is 1. The van der Waals surface area contributed by atoms with E-state index in [9.17, 15) is 19.7 Å². The van der Waals surface area contributed by atoms with Crippen LogP contribution < -0.4 is 5.32 Å². The first-order valence-corrected chi connectivity index (χ1v) is 5.86. The van der Waals surface area contributed by atoms with Crippen LogP contribution in [0.5, 0.6) is 0 Å². The summed E-state index contributed by atoms with van der Waals surface area (Å²) in [6.45, 7) is 0. The minimum atomic E-state index is -1.43. The molecule has 0 atom stereocenters. The van der Waals surface area contributed by atoms with Crippen LogP contribution in [0.3, 0.4) is 0 Å². The van der Waals surface area contributed by atoms with Gasteiger partial charge in [0.1, 0.15) is 5.56 Å². The highest BCUT2D eigenvalue weighted by molar-refractivity contribution is 6.18. The summed E-state index contributed by atoms with van der Waals surface area (Å²) in [5, 5.41) is 22.0. The molecule has 0 fully saturated rings. The largest absolute Gasteiger partial charge is 0.477 e. The minimum absolute atomic E-state index is 0.197. The smallest absolute Gasteiger partial charge is 0.342 e. The van der Waals surface area contributed by atoms with Crippen LogP contribution in [0.4, 0.5) is 11.4 Å². The van der Waals surface area contributed by atoms with E-state index in [0.29, 0.717) is 12.3 Å². The SMILES string of the molecule is O=C(CCCCl)Nc1ccc([N+](=O)[O-])c(C(=O)O)c1. The molecule has 0 radical (unpaired) electrons. The number of alkyl halides is 1. The molecule has 0 saturated heterocycles. The number of nitro benzene ring substituents is 1. The van der Waals surface area contributed by atoms with E-state index < -0.39 is 22.1 Å². The summed E-state index contributed by atoms with van der Waals surface area (Å²) in [6.07, 6.45) is 0.690. The maximum absolute atomic E-state index is 11.4. The van der Waals surface area contributed by atoms with Crippen molar-refractivity contribution in [3.05, 3.63) is 33.9 Å². The fraction of sp³-hybridized carbons (Fsp3) is 0.273. The molecular formula is C11H11ClN2O5. The van der Waals surface area contributed by atoms with Gasteiger partial charge in [-0.05, 0) is 18.6 Å². The number of nitro groups is 1. The maximum Gasteiger partial charge on any atom is 0.342 e. The molecule has 0 heterocycles. The molecule has 0 aliphatic rings. The molecule has 0 spiro atoms. The molecule has 1 amide bonds. The van der Waals surface area contributed by atoms with Crippen molar-refractivity contribution in [3.8, 4) is 0 Å². The third kappa shape index (κ3) is 4.22. The zero-order valence-electron chi connectivity index (χ0n) is 9.76. The van der Waals surface area contributed by atoms with Crippen LogP contribution in [0, 0.1) is 10.1 Å². The third-order valence-corrected chi connectivity index (χ3v) is 2.51. The molecule has 1 aromatic rings. The third-order valence-electron chi connectivity index (χ3n) is 2.24. The lowest BCUT2D eigenvalue weighted by molar-refractivity contribution is -0.385. The van der Waals surface area contributed by atoms with Crippen molar-refractivity contribution in [2.24, 2.45) is 0 Å². The van der Waals surface area contributed by atoms with Crippen molar-refractivity contribution in [2.75, 3.05) is 11.2 Å². The Bertz CT molecular complexity index is 518. The Balaban J connectivity index is 2.93. The Morgan fingerprint density at radius 2 is 2.11 bits per heavy atom. The van der Waals surface area contributed by atoms with Crippen LogP contribution >= 0.6 is 11.6 Å². The summed E-state index contributed by atoms with van der Waals surface area (Å²) in [4.78, 5) is 32.2. The van der Waals surface area contributed by atoms with Crippen LogP contribution in [0.2, 0.25) is 0 Å². The fourth-order valence-electron chi connectivity index (χ4n) is 1.40. The van der Waals surface area contributed by atoms with Crippen LogP contribution in [0.15, 0.2) is 18.2 Å². The second-order valence-electron chi connectivity index (χ2n) is 3.63. The first-order chi connectivity index (χ1) is 8.95. The van der Waals surface area contributed by atoms with Crippen molar-refractivity contribution in [2.45, 2.75) is 12.8 Å². The maximum atomic E-state index is 11.4. The monoisotopic (exact) mass is 286 g/mol. The number of carboxylic acids is 1. The van der Waals surface area contributed by atoms with E-state index in [0.717, 1.165) is 12.1 Å². The lowest BCUT2D eigenvalue weighted by atomic mass is 10.1. The Morgan fingerprint density at radius 1 is 1.42 bits per heavy atom. The quantitative estimate of drug-likeness (QED) is 0.473. The van der Waals surface area contributed by atoms with E-state index in [4.69, 9.17) is 16.7 Å². The van der Waals surface area contributed by atoms with Gasteiger partial charge in [0.15, 0.2) is 0 Å². The number of halogens is 1. The number of anilines is 1. The lowest BCUT2D eigenvalue weighted by Gasteiger charge is -2.06. The average molecular weight is 287 g/mol. The fourth-order valence-corrected chi connectivity index (χ4v) is 1.53. The molecule has 0 aromatic heterocycles. The van der Waals surface area contributed by atoms with E-state index in [-0.39, 0.29) is 18.0 Å². The van der Waals surface area contributed by atoms with Gasteiger partial charge in [-0.15, -0.1) is 11.6 Å². The highest BCUT2D eigenvalue weighted by Crippen LogP contribution is 2.22. The number of nitrogens with zero attached hydrogens (tertiary/aromatic N) is 1. The van der Waals surface area contributed by atoms with E-state index >= 15 is 0 Å².